The molecule has 0 fully saturated rings. The van der Waals surface area contributed by atoms with Crippen LogP contribution >= 0.6 is 23.2 Å². The van der Waals surface area contributed by atoms with Crippen LogP contribution in [-0.2, 0) is 6.54 Å². The van der Waals surface area contributed by atoms with Gasteiger partial charge in [-0.3, -0.25) is 4.79 Å². The number of fused-ring (bicyclic) bond motifs is 1. The second-order valence-corrected chi connectivity index (χ2v) is 6.22. The summed E-state index contributed by atoms with van der Waals surface area (Å²) in [5.41, 5.74) is 2.89. The monoisotopic (exact) mass is 334 g/mol. The summed E-state index contributed by atoms with van der Waals surface area (Å²) in [6.45, 7) is 2.06. The van der Waals surface area contributed by atoms with E-state index in [1.807, 2.05) is 24.1 Å². The zero-order valence-corrected chi connectivity index (χ0v) is 13.7. The molecule has 0 saturated heterocycles. The molecule has 114 valence electrons. The molecule has 1 heterocycles. The number of hydrogen-bond acceptors (Lipinski definition) is 2. The molecule has 2 aromatic rings. The highest BCUT2D eigenvalue weighted by molar-refractivity contribution is 6.42. The third-order valence-corrected chi connectivity index (χ3v) is 4.66. The van der Waals surface area contributed by atoms with Gasteiger partial charge in [0.05, 0.1) is 10.0 Å². The Morgan fingerprint density at radius 2 is 1.82 bits per heavy atom. The van der Waals surface area contributed by atoms with Crippen LogP contribution in [0.1, 0.15) is 15.9 Å². The van der Waals surface area contributed by atoms with E-state index in [9.17, 15) is 4.79 Å². The van der Waals surface area contributed by atoms with Gasteiger partial charge >= 0.3 is 0 Å². The smallest absolute Gasteiger partial charge is 0.254 e. The molecule has 0 aromatic heterocycles. The van der Waals surface area contributed by atoms with E-state index in [2.05, 4.69) is 17.0 Å². The van der Waals surface area contributed by atoms with Crippen molar-refractivity contribution in [3.8, 4) is 0 Å². The van der Waals surface area contributed by atoms with Crippen LogP contribution in [-0.4, -0.2) is 30.9 Å². The summed E-state index contributed by atoms with van der Waals surface area (Å²) < 4.78 is 0. The van der Waals surface area contributed by atoms with Gasteiger partial charge in [0.15, 0.2) is 0 Å². The highest BCUT2D eigenvalue weighted by Gasteiger charge is 2.22. The third-order valence-electron chi connectivity index (χ3n) is 3.92. The molecule has 0 bridgehead atoms. The summed E-state index contributed by atoms with van der Waals surface area (Å²) in [5.74, 6) is -0.0244. The van der Waals surface area contributed by atoms with Gasteiger partial charge in [0.1, 0.15) is 0 Å². The van der Waals surface area contributed by atoms with E-state index >= 15 is 0 Å². The number of anilines is 1. The summed E-state index contributed by atoms with van der Waals surface area (Å²) in [6.07, 6.45) is 0. The van der Waals surface area contributed by atoms with Crippen molar-refractivity contribution in [2.75, 3.05) is 25.0 Å². The van der Waals surface area contributed by atoms with Crippen LogP contribution in [0, 0.1) is 0 Å². The zero-order chi connectivity index (χ0) is 15.7. The minimum Gasteiger partial charge on any atom is -0.373 e. The maximum Gasteiger partial charge on any atom is 0.254 e. The number of amides is 1. The van der Waals surface area contributed by atoms with Gasteiger partial charge < -0.3 is 9.80 Å². The zero-order valence-electron chi connectivity index (χ0n) is 12.2. The molecular formula is C17H16Cl2N2O. The lowest BCUT2D eigenvalue weighted by atomic mass is 10.1. The number of likely N-dealkylation sites (N-methyl/N-ethyl adjacent to an activating group) is 1. The van der Waals surface area contributed by atoms with Gasteiger partial charge in [-0.25, -0.2) is 0 Å². The van der Waals surface area contributed by atoms with Crippen molar-refractivity contribution in [1.29, 1.82) is 0 Å². The number of carbonyl (C=O) groups is 1. The topological polar surface area (TPSA) is 23.6 Å². The minimum atomic E-state index is -0.0244. The number of carbonyl (C=O) groups excluding carboxylic acids is 1. The van der Waals surface area contributed by atoms with Crippen LogP contribution in [0.5, 0.6) is 0 Å². The lowest BCUT2D eigenvalue weighted by molar-refractivity contribution is 0.0752. The van der Waals surface area contributed by atoms with Crippen molar-refractivity contribution in [2.45, 2.75) is 6.54 Å². The second-order valence-electron chi connectivity index (χ2n) is 5.41. The molecule has 0 atom stereocenters. The van der Waals surface area contributed by atoms with Crippen LogP contribution in [0.15, 0.2) is 42.5 Å². The van der Waals surface area contributed by atoms with Gasteiger partial charge in [0.2, 0.25) is 0 Å². The predicted molar refractivity (Wildman–Crippen MR) is 90.9 cm³/mol. The highest BCUT2D eigenvalue weighted by Crippen LogP contribution is 2.26. The van der Waals surface area contributed by atoms with Crippen LogP contribution in [0.2, 0.25) is 10.0 Å². The second kappa shape index (κ2) is 6.19. The lowest BCUT2D eigenvalue weighted by Crippen LogP contribution is -2.34. The predicted octanol–water partition coefficient (Wildman–Crippen LogP) is 4.09. The molecule has 0 N–H and O–H groups in total. The molecule has 3 nitrogen and oxygen atoms in total. The SMILES string of the molecule is CN1CCN(C(=O)c2ccc(Cl)c(Cl)c2)Cc2ccccc21. The Bertz CT molecular complexity index is 718. The standard InChI is InChI=1S/C17H16Cl2N2O/c1-20-8-9-21(11-13-4-2-3-5-16(13)20)17(22)12-6-7-14(18)15(19)10-12/h2-7,10H,8-9,11H2,1H3. The normalized spacial score (nSPS) is 14.5. The fraction of sp³-hybridized carbons (Fsp3) is 0.235. The Labute approximate surface area is 140 Å². The Morgan fingerprint density at radius 3 is 2.59 bits per heavy atom. The van der Waals surface area contributed by atoms with Crippen molar-refractivity contribution in [1.82, 2.24) is 4.90 Å². The van der Waals surface area contributed by atoms with Gasteiger partial charge in [-0.1, -0.05) is 41.4 Å². The summed E-state index contributed by atoms with van der Waals surface area (Å²) in [5, 5.41) is 0.860. The molecule has 1 aliphatic heterocycles. The molecule has 22 heavy (non-hydrogen) atoms. The van der Waals surface area contributed by atoms with Gasteiger partial charge in [0.25, 0.3) is 5.91 Å². The van der Waals surface area contributed by atoms with E-state index in [0.717, 1.165) is 12.1 Å². The lowest BCUT2D eigenvalue weighted by Gasteiger charge is -2.21. The van der Waals surface area contributed by atoms with Crippen molar-refractivity contribution in [2.24, 2.45) is 0 Å². The van der Waals surface area contributed by atoms with Gasteiger partial charge in [-0.15, -0.1) is 0 Å². The fourth-order valence-corrected chi connectivity index (χ4v) is 2.98. The van der Waals surface area contributed by atoms with Crippen molar-refractivity contribution in [3.63, 3.8) is 0 Å². The van der Waals surface area contributed by atoms with Crippen LogP contribution in [0.25, 0.3) is 0 Å². The Morgan fingerprint density at radius 1 is 1.05 bits per heavy atom. The van der Waals surface area contributed by atoms with E-state index in [4.69, 9.17) is 23.2 Å². The summed E-state index contributed by atoms with van der Waals surface area (Å²) >= 11 is 11.9. The average Bonchev–Trinajstić information content (AvgIpc) is 2.69. The molecule has 0 spiro atoms. The number of rotatable bonds is 1. The minimum absolute atomic E-state index is 0.0244. The maximum absolute atomic E-state index is 12.7. The van der Waals surface area contributed by atoms with E-state index in [1.54, 1.807) is 18.2 Å². The first-order valence-corrected chi connectivity index (χ1v) is 7.85. The summed E-state index contributed by atoms with van der Waals surface area (Å²) in [7, 11) is 2.05. The number of halogens is 2. The van der Waals surface area contributed by atoms with Crippen LogP contribution < -0.4 is 4.90 Å². The maximum atomic E-state index is 12.7. The highest BCUT2D eigenvalue weighted by atomic mass is 35.5. The van der Waals surface area contributed by atoms with Gasteiger partial charge in [-0.05, 0) is 29.8 Å². The Balaban J connectivity index is 1.89. The van der Waals surface area contributed by atoms with Crippen LogP contribution in [0.3, 0.4) is 0 Å². The van der Waals surface area contributed by atoms with E-state index in [-0.39, 0.29) is 5.91 Å². The Kier molecular flexibility index (Phi) is 4.27. The van der Waals surface area contributed by atoms with Gasteiger partial charge in [0, 0.05) is 37.9 Å². The molecule has 0 unspecified atom stereocenters. The van der Waals surface area contributed by atoms with E-state index in [1.165, 1.54) is 5.69 Å². The number of nitrogens with zero attached hydrogens (tertiary/aromatic N) is 2. The molecule has 0 saturated carbocycles. The largest absolute Gasteiger partial charge is 0.373 e. The average molecular weight is 335 g/mol. The molecule has 5 heteroatoms. The molecule has 1 amide bonds. The fourth-order valence-electron chi connectivity index (χ4n) is 2.68. The molecule has 1 aliphatic rings. The van der Waals surface area contributed by atoms with Crippen molar-refractivity contribution >= 4 is 34.8 Å². The summed E-state index contributed by atoms with van der Waals surface area (Å²) in [4.78, 5) is 16.8. The first-order chi connectivity index (χ1) is 10.6. The molecule has 0 radical (unpaired) electrons. The van der Waals surface area contributed by atoms with Crippen molar-refractivity contribution in [3.05, 3.63) is 63.6 Å². The van der Waals surface area contributed by atoms with Crippen LogP contribution in [0.4, 0.5) is 5.69 Å². The quantitative estimate of drug-likeness (QED) is 0.784. The number of hydrogen-bond donors (Lipinski definition) is 0. The van der Waals surface area contributed by atoms with Crippen molar-refractivity contribution < 1.29 is 4.79 Å². The van der Waals surface area contributed by atoms with Gasteiger partial charge in [-0.2, -0.15) is 0 Å². The van der Waals surface area contributed by atoms with E-state index < -0.39 is 0 Å². The molecule has 2 aromatic carbocycles. The van der Waals surface area contributed by atoms with E-state index in [0.29, 0.717) is 28.7 Å². The number of benzene rings is 2. The third kappa shape index (κ3) is 2.92. The molecule has 3 rings (SSSR count). The Hall–Kier alpha value is -1.71. The first-order valence-electron chi connectivity index (χ1n) is 7.09. The summed E-state index contributed by atoms with van der Waals surface area (Å²) in [6, 6.07) is 13.2. The number of para-hydroxylation sites is 1. The molecular weight excluding hydrogens is 319 g/mol. The first kappa shape index (κ1) is 15.2. The molecule has 0 aliphatic carbocycles.